The van der Waals surface area contributed by atoms with E-state index in [1.165, 1.54) is 0 Å². The van der Waals surface area contributed by atoms with Gasteiger partial charge in [0.05, 0.1) is 7.11 Å². The van der Waals surface area contributed by atoms with Crippen molar-refractivity contribution in [3.05, 3.63) is 65.7 Å². The number of benzene rings is 2. The van der Waals surface area contributed by atoms with Gasteiger partial charge in [0.2, 0.25) is 0 Å². The first-order valence-corrected chi connectivity index (χ1v) is 6.35. The summed E-state index contributed by atoms with van der Waals surface area (Å²) in [6, 6.07) is 18.1. The van der Waals surface area contributed by atoms with E-state index < -0.39 is 5.91 Å². The van der Waals surface area contributed by atoms with Crippen LogP contribution in [0.15, 0.2) is 60.2 Å². The SMILES string of the molecule is COc1ccc(NC(=O)C(C#N)=Cc2ccccc2)cc1. The van der Waals surface area contributed by atoms with Gasteiger partial charge in [-0.25, -0.2) is 0 Å². The number of methoxy groups -OCH3 is 1. The van der Waals surface area contributed by atoms with Crippen molar-refractivity contribution in [3.8, 4) is 11.8 Å². The van der Waals surface area contributed by atoms with Gasteiger partial charge in [0.25, 0.3) is 5.91 Å². The second-order valence-electron chi connectivity index (χ2n) is 4.26. The highest BCUT2D eigenvalue weighted by atomic mass is 16.5. The molecule has 0 aliphatic heterocycles. The standard InChI is InChI=1S/C17H14N2O2/c1-21-16-9-7-15(8-10-16)19-17(20)14(12-18)11-13-5-3-2-4-6-13/h2-11H,1H3,(H,19,20). The van der Waals surface area contributed by atoms with Crippen molar-refractivity contribution in [1.82, 2.24) is 0 Å². The van der Waals surface area contributed by atoms with Crippen LogP contribution < -0.4 is 10.1 Å². The molecule has 104 valence electrons. The van der Waals surface area contributed by atoms with Crippen LogP contribution >= 0.6 is 0 Å². The summed E-state index contributed by atoms with van der Waals surface area (Å²) in [5.41, 5.74) is 1.46. The fraction of sp³-hybridized carbons (Fsp3) is 0.0588. The molecule has 0 aromatic heterocycles. The maximum Gasteiger partial charge on any atom is 0.266 e. The number of nitrogens with one attached hydrogen (secondary N) is 1. The lowest BCUT2D eigenvalue weighted by Crippen LogP contribution is -2.13. The second-order valence-corrected chi connectivity index (χ2v) is 4.26. The van der Waals surface area contributed by atoms with Crippen LogP contribution in [0.2, 0.25) is 0 Å². The van der Waals surface area contributed by atoms with E-state index >= 15 is 0 Å². The van der Waals surface area contributed by atoms with E-state index in [0.29, 0.717) is 11.4 Å². The molecule has 1 N–H and O–H groups in total. The van der Waals surface area contributed by atoms with Crippen LogP contribution in [0.5, 0.6) is 5.75 Å². The zero-order valence-corrected chi connectivity index (χ0v) is 11.5. The molecule has 0 heterocycles. The monoisotopic (exact) mass is 278 g/mol. The fourth-order valence-corrected chi connectivity index (χ4v) is 1.74. The van der Waals surface area contributed by atoms with E-state index in [9.17, 15) is 4.79 Å². The maximum atomic E-state index is 12.1. The maximum absolute atomic E-state index is 12.1. The fourth-order valence-electron chi connectivity index (χ4n) is 1.74. The molecule has 0 spiro atoms. The van der Waals surface area contributed by atoms with Gasteiger partial charge in [-0.15, -0.1) is 0 Å². The van der Waals surface area contributed by atoms with E-state index in [2.05, 4.69) is 5.32 Å². The molecule has 0 saturated carbocycles. The Kier molecular flexibility index (Phi) is 4.73. The average molecular weight is 278 g/mol. The summed E-state index contributed by atoms with van der Waals surface area (Å²) in [6.45, 7) is 0. The number of nitrogens with zero attached hydrogens (tertiary/aromatic N) is 1. The largest absolute Gasteiger partial charge is 0.497 e. The minimum absolute atomic E-state index is 0.0528. The molecule has 4 heteroatoms. The molecule has 0 aliphatic rings. The summed E-state index contributed by atoms with van der Waals surface area (Å²) in [5, 5.41) is 11.8. The van der Waals surface area contributed by atoms with Gasteiger partial charge in [0.15, 0.2) is 0 Å². The van der Waals surface area contributed by atoms with Gasteiger partial charge >= 0.3 is 0 Å². The number of hydrogen-bond acceptors (Lipinski definition) is 3. The van der Waals surface area contributed by atoms with Gasteiger partial charge in [-0.2, -0.15) is 5.26 Å². The molecule has 0 bridgehead atoms. The topological polar surface area (TPSA) is 62.1 Å². The first-order chi connectivity index (χ1) is 10.2. The minimum Gasteiger partial charge on any atom is -0.497 e. The third kappa shape index (κ3) is 3.95. The van der Waals surface area contributed by atoms with Crippen LogP contribution in [0.1, 0.15) is 5.56 Å². The normalized spacial score (nSPS) is 10.6. The summed E-state index contributed by atoms with van der Waals surface area (Å²) in [7, 11) is 1.57. The molecule has 21 heavy (non-hydrogen) atoms. The van der Waals surface area contributed by atoms with Gasteiger partial charge in [0.1, 0.15) is 17.4 Å². The zero-order chi connectivity index (χ0) is 15.1. The number of amides is 1. The third-order valence-electron chi connectivity index (χ3n) is 2.82. The molecule has 0 saturated heterocycles. The molecule has 0 fully saturated rings. The Morgan fingerprint density at radius 3 is 2.38 bits per heavy atom. The van der Waals surface area contributed by atoms with Crippen molar-refractivity contribution in [1.29, 1.82) is 5.26 Å². The lowest BCUT2D eigenvalue weighted by molar-refractivity contribution is -0.112. The van der Waals surface area contributed by atoms with Gasteiger partial charge in [-0.1, -0.05) is 30.3 Å². The molecular weight excluding hydrogens is 264 g/mol. The zero-order valence-electron chi connectivity index (χ0n) is 11.5. The van der Waals surface area contributed by atoms with Crippen LogP contribution in [0.4, 0.5) is 5.69 Å². The number of carbonyl (C=O) groups excluding carboxylic acids is 1. The minimum atomic E-state index is -0.438. The van der Waals surface area contributed by atoms with Crippen LogP contribution in [-0.4, -0.2) is 13.0 Å². The van der Waals surface area contributed by atoms with Gasteiger partial charge in [-0.3, -0.25) is 4.79 Å². The Morgan fingerprint density at radius 1 is 1.14 bits per heavy atom. The number of hydrogen-bond donors (Lipinski definition) is 1. The quantitative estimate of drug-likeness (QED) is 0.689. The van der Waals surface area contributed by atoms with Gasteiger partial charge in [0, 0.05) is 5.69 Å². The van der Waals surface area contributed by atoms with Gasteiger partial charge in [-0.05, 0) is 35.9 Å². The average Bonchev–Trinajstić information content (AvgIpc) is 2.54. The summed E-state index contributed by atoms with van der Waals surface area (Å²) >= 11 is 0. The van der Waals surface area contributed by atoms with Crippen LogP contribution in [-0.2, 0) is 4.79 Å². The lowest BCUT2D eigenvalue weighted by atomic mass is 10.1. The molecule has 2 rings (SSSR count). The number of carbonyl (C=O) groups is 1. The van der Waals surface area contributed by atoms with Gasteiger partial charge < -0.3 is 10.1 Å². The molecule has 0 aliphatic carbocycles. The Bertz CT molecular complexity index is 683. The highest BCUT2D eigenvalue weighted by Crippen LogP contribution is 2.16. The second kappa shape index (κ2) is 6.92. The summed E-state index contributed by atoms with van der Waals surface area (Å²) in [4.78, 5) is 12.1. The highest BCUT2D eigenvalue weighted by molar-refractivity contribution is 6.09. The summed E-state index contributed by atoms with van der Waals surface area (Å²) in [5.74, 6) is 0.264. The molecule has 0 radical (unpaired) electrons. The molecule has 0 atom stereocenters. The van der Waals surface area contributed by atoms with Crippen LogP contribution in [0.3, 0.4) is 0 Å². The Hall–Kier alpha value is -3.06. The number of nitriles is 1. The van der Waals surface area contributed by atoms with E-state index in [1.54, 1.807) is 37.5 Å². The van der Waals surface area contributed by atoms with Crippen molar-refractivity contribution in [3.63, 3.8) is 0 Å². The molecule has 2 aromatic carbocycles. The molecule has 2 aromatic rings. The van der Waals surface area contributed by atoms with E-state index in [1.807, 2.05) is 36.4 Å². The van der Waals surface area contributed by atoms with Crippen LogP contribution in [0, 0.1) is 11.3 Å². The van der Waals surface area contributed by atoms with Crippen molar-refractivity contribution < 1.29 is 9.53 Å². The van der Waals surface area contributed by atoms with E-state index in [4.69, 9.17) is 10.00 Å². The van der Waals surface area contributed by atoms with Crippen LogP contribution in [0.25, 0.3) is 6.08 Å². The van der Waals surface area contributed by atoms with Crippen molar-refractivity contribution in [2.75, 3.05) is 12.4 Å². The lowest BCUT2D eigenvalue weighted by Gasteiger charge is -2.05. The summed E-state index contributed by atoms with van der Waals surface area (Å²) < 4.78 is 5.05. The third-order valence-corrected chi connectivity index (χ3v) is 2.82. The van der Waals surface area contributed by atoms with E-state index in [-0.39, 0.29) is 5.57 Å². The van der Waals surface area contributed by atoms with Crippen molar-refractivity contribution in [2.24, 2.45) is 0 Å². The first kappa shape index (κ1) is 14.4. The predicted octanol–water partition coefficient (Wildman–Crippen LogP) is 3.24. The molecular formula is C17H14N2O2. The van der Waals surface area contributed by atoms with Crippen molar-refractivity contribution >= 4 is 17.7 Å². The van der Waals surface area contributed by atoms with Crippen molar-refractivity contribution in [2.45, 2.75) is 0 Å². The predicted molar refractivity (Wildman–Crippen MR) is 81.7 cm³/mol. The Morgan fingerprint density at radius 2 is 1.81 bits per heavy atom. The molecule has 1 amide bonds. The summed E-state index contributed by atoms with van der Waals surface area (Å²) in [6.07, 6.45) is 1.55. The smallest absolute Gasteiger partial charge is 0.266 e. The first-order valence-electron chi connectivity index (χ1n) is 6.35. The van der Waals surface area contributed by atoms with E-state index in [0.717, 1.165) is 5.56 Å². The molecule has 0 unspecified atom stereocenters. The molecule has 4 nitrogen and oxygen atoms in total. The Balaban J connectivity index is 2.13. The number of rotatable bonds is 4. The Labute approximate surface area is 123 Å². The highest BCUT2D eigenvalue weighted by Gasteiger charge is 2.09. The number of ether oxygens (including phenoxy) is 1. The number of anilines is 1.